The van der Waals surface area contributed by atoms with Crippen molar-refractivity contribution in [2.75, 3.05) is 5.75 Å². The molecule has 2 N–H and O–H groups in total. The summed E-state index contributed by atoms with van der Waals surface area (Å²) in [7, 11) is 0. The van der Waals surface area contributed by atoms with Crippen LogP contribution in [0.2, 0.25) is 0 Å². The molecule has 3 aliphatic rings. The smallest absolute Gasteiger partial charge is 0.408 e. The predicted molar refractivity (Wildman–Crippen MR) is 124 cm³/mol. The van der Waals surface area contributed by atoms with Gasteiger partial charge < -0.3 is 20.3 Å². The van der Waals surface area contributed by atoms with E-state index >= 15 is 0 Å². The molecule has 0 aromatic heterocycles. The van der Waals surface area contributed by atoms with Crippen molar-refractivity contribution in [3.8, 4) is 6.07 Å². The van der Waals surface area contributed by atoms with Crippen molar-refractivity contribution in [2.45, 2.75) is 68.6 Å². The zero-order valence-electron chi connectivity index (χ0n) is 18.8. The van der Waals surface area contributed by atoms with Crippen LogP contribution in [0.15, 0.2) is 30.3 Å². The first-order chi connectivity index (χ1) is 16.5. The van der Waals surface area contributed by atoms with Gasteiger partial charge in [0.05, 0.1) is 11.4 Å². The zero-order valence-corrected chi connectivity index (χ0v) is 19.6. The molecule has 0 radical (unpaired) electrons. The Labute approximate surface area is 202 Å². The SMILES string of the molecule is N#C[C@H](C[C@@H]1CCCC1=O)NC(=O)[C@@H]1CS[C@H]2CC[C@H](NC(=O)OCc3ccccc3)C(=O)N21. The lowest BCUT2D eigenvalue weighted by Gasteiger charge is -2.36. The van der Waals surface area contributed by atoms with Crippen LogP contribution in [0.5, 0.6) is 0 Å². The van der Waals surface area contributed by atoms with Crippen LogP contribution in [0, 0.1) is 17.2 Å². The zero-order chi connectivity index (χ0) is 24.1. The standard InChI is InChI=1S/C24H28N4O5S/c25-12-17(11-16-7-4-8-20(16)29)26-22(30)19-14-34-21-10-9-18(23(31)28(19)21)27-24(32)33-13-15-5-2-1-3-6-15/h1-3,5-6,16-19,21H,4,7-11,13-14H2,(H,26,30)(H,27,32)/t16-,17-,18-,19-,21-/m0/s1. The number of alkyl carbamates (subject to hydrolysis) is 1. The number of hydrogen-bond donors (Lipinski definition) is 2. The van der Waals surface area contributed by atoms with Crippen LogP contribution in [0.25, 0.3) is 0 Å². The summed E-state index contributed by atoms with van der Waals surface area (Å²) in [5, 5.41) is 14.7. The molecular formula is C24H28N4O5S. The monoisotopic (exact) mass is 484 g/mol. The largest absolute Gasteiger partial charge is 0.445 e. The molecule has 1 aliphatic carbocycles. The van der Waals surface area contributed by atoms with Crippen LogP contribution in [-0.4, -0.2) is 57.8 Å². The Morgan fingerprint density at radius 3 is 2.71 bits per heavy atom. The summed E-state index contributed by atoms with van der Waals surface area (Å²) in [6.07, 6.45) is 2.82. The number of benzene rings is 1. The number of piperidine rings is 1. The number of amides is 3. The molecule has 2 saturated heterocycles. The van der Waals surface area contributed by atoms with Gasteiger partial charge in [-0.25, -0.2) is 4.79 Å². The van der Waals surface area contributed by atoms with Crippen molar-refractivity contribution < 1.29 is 23.9 Å². The molecule has 1 aromatic rings. The Hall–Kier alpha value is -3.06. The number of ketones is 1. The van der Waals surface area contributed by atoms with E-state index in [1.807, 2.05) is 30.3 Å². The van der Waals surface area contributed by atoms with Gasteiger partial charge in [0.25, 0.3) is 0 Å². The van der Waals surface area contributed by atoms with E-state index in [1.54, 1.807) is 0 Å². The second-order valence-corrected chi connectivity index (χ2v) is 10.1. The second kappa shape index (κ2) is 10.9. The van der Waals surface area contributed by atoms with E-state index in [1.165, 1.54) is 16.7 Å². The lowest BCUT2D eigenvalue weighted by molar-refractivity contribution is -0.143. The maximum atomic E-state index is 13.2. The molecular weight excluding hydrogens is 456 g/mol. The maximum absolute atomic E-state index is 13.2. The average Bonchev–Trinajstić information content (AvgIpc) is 3.46. The van der Waals surface area contributed by atoms with Gasteiger partial charge in [0, 0.05) is 18.1 Å². The number of nitrogens with zero attached hydrogens (tertiary/aromatic N) is 2. The Bertz CT molecular complexity index is 981. The summed E-state index contributed by atoms with van der Waals surface area (Å²) in [5.41, 5.74) is 0.840. The fraction of sp³-hybridized carbons (Fsp3) is 0.542. The van der Waals surface area contributed by atoms with E-state index in [4.69, 9.17) is 4.74 Å². The van der Waals surface area contributed by atoms with Gasteiger partial charge in [-0.05, 0) is 37.7 Å². The normalized spacial score (nSPS) is 27.0. The first kappa shape index (κ1) is 24.1. The number of ether oxygens (including phenoxy) is 1. The van der Waals surface area contributed by atoms with Crippen molar-refractivity contribution >= 4 is 35.5 Å². The van der Waals surface area contributed by atoms with Crippen molar-refractivity contribution in [3.63, 3.8) is 0 Å². The highest BCUT2D eigenvalue weighted by molar-refractivity contribution is 8.00. The van der Waals surface area contributed by atoms with E-state index < -0.39 is 30.1 Å². The molecule has 2 aliphatic heterocycles. The molecule has 0 unspecified atom stereocenters. The van der Waals surface area contributed by atoms with E-state index in [0.29, 0.717) is 31.4 Å². The van der Waals surface area contributed by atoms with E-state index in [-0.39, 0.29) is 29.6 Å². The number of thioether (sulfide) groups is 1. The fourth-order valence-electron chi connectivity index (χ4n) is 4.77. The number of Topliss-reactive ketones (excluding diaryl/α,β-unsaturated/α-hetero) is 1. The van der Waals surface area contributed by atoms with Crippen LogP contribution in [0.4, 0.5) is 4.79 Å². The van der Waals surface area contributed by atoms with Crippen LogP contribution < -0.4 is 10.6 Å². The topological polar surface area (TPSA) is 129 Å². The number of nitriles is 1. The molecule has 1 aromatic carbocycles. The number of carbonyl (C=O) groups is 4. The van der Waals surface area contributed by atoms with Gasteiger partial charge in [0.15, 0.2) is 0 Å². The molecule has 10 heteroatoms. The molecule has 3 amide bonds. The average molecular weight is 485 g/mol. The van der Waals surface area contributed by atoms with Crippen molar-refractivity contribution in [2.24, 2.45) is 5.92 Å². The molecule has 3 fully saturated rings. The number of carbonyl (C=O) groups excluding carboxylic acids is 4. The van der Waals surface area contributed by atoms with Crippen LogP contribution in [0.3, 0.4) is 0 Å². The van der Waals surface area contributed by atoms with E-state index in [0.717, 1.165) is 18.4 Å². The quantitative estimate of drug-likeness (QED) is 0.606. The highest BCUT2D eigenvalue weighted by Gasteiger charge is 2.47. The second-order valence-electron chi connectivity index (χ2n) is 8.87. The molecule has 4 rings (SSSR count). The summed E-state index contributed by atoms with van der Waals surface area (Å²) in [4.78, 5) is 51.9. The van der Waals surface area contributed by atoms with Gasteiger partial charge in [-0.1, -0.05) is 30.3 Å². The minimum atomic E-state index is -0.773. The highest BCUT2D eigenvalue weighted by Crippen LogP contribution is 2.36. The Kier molecular flexibility index (Phi) is 7.73. The Balaban J connectivity index is 1.32. The number of nitrogens with one attached hydrogen (secondary N) is 2. The van der Waals surface area contributed by atoms with Gasteiger partial charge in [-0.3, -0.25) is 14.4 Å². The summed E-state index contributed by atoms with van der Waals surface area (Å²) < 4.78 is 5.24. The van der Waals surface area contributed by atoms with Crippen molar-refractivity contribution in [3.05, 3.63) is 35.9 Å². The molecule has 2 heterocycles. The van der Waals surface area contributed by atoms with Gasteiger partial charge in [-0.2, -0.15) is 5.26 Å². The van der Waals surface area contributed by atoms with Gasteiger partial charge in [0.1, 0.15) is 30.5 Å². The van der Waals surface area contributed by atoms with E-state index in [9.17, 15) is 24.4 Å². The third kappa shape index (κ3) is 5.53. The molecule has 0 spiro atoms. The van der Waals surface area contributed by atoms with Gasteiger partial charge >= 0.3 is 6.09 Å². The number of rotatable bonds is 7. The minimum absolute atomic E-state index is 0.0971. The summed E-state index contributed by atoms with van der Waals surface area (Å²) in [6.45, 7) is 0.0971. The number of hydrogen-bond acceptors (Lipinski definition) is 7. The minimum Gasteiger partial charge on any atom is -0.445 e. The number of fused-ring (bicyclic) bond motifs is 1. The molecule has 180 valence electrons. The van der Waals surface area contributed by atoms with Gasteiger partial charge in [0.2, 0.25) is 11.8 Å². The highest BCUT2D eigenvalue weighted by atomic mass is 32.2. The fourth-order valence-corrected chi connectivity index (χ4v) is 6.20. The van der Waals surface area contributed by atoms with Crippen LogP contribution in [-0.2, 0) is 25.7 Å². The third-order valence-electron chi connectivity index (χ3n) is 6.58. The maximum Gasteiger partial charge on any atom is 0.408 e. The first-order valence-corrected chi connectivity index (χ1v) is 12.6. The van der Waals surface area contributed by atoms with Gasteiger partial charge in [-0.15, -0.1) is 11.8 Å². The summed E-state index contributed by atoms with van der Waals surface area (Å²) in [5.74, 6) is -0.341. The van der Waals surface area contributed by atoms with E-state index in [2.05, 4.69) is 16.7 Å². The molecule has 0 bridgehead atoms. The summed E-state index contributed by atoms with van der Waals surface area (Å²) >= 11 is 1.53. The molecule has 34 heavy (non-hydrogen) atoms. The Morgan fingerprint density at radius 1 is 1.21 bits per heavy atom. The van der Waals surface area contributed by atoms with Crippen molar-refractivity contribution in [1.82, 2.24) is 15.5 Å². The van der Waals surface area contributed by atoms with Crippen LogP contribution >= 0.6 is 11.8 Å². The lowest BCUT2D eigenvalue weighted by Crippen LogP contribution is -2.59. The predicted octanol–water partition coefficient (Wildman–Crippen LogP) is 2.11. The molecule has 5 atom stereocenters. The van der Waals surface area contributed by atoms with Crippen LogP contribution in [0.1, 0.15) is 44.1 Å². The van der Waals surface area contributed by atoms with Crippen molar-refractivity contribution in [1.29, 1.82) is 5.26 Å². The molecule has 1 saturated carbocycles. The summed E-state index contributed by atoms with van der Waals surface area (Å²) in [6, 6.07) is 9.06. The lowest BCUT2D eigenvalue weighted by atomic mass is 9.97. The Morgan fingerprint density at radius 2 is 2.00 bits per heavy atom. The first-order valence-electron chi connectivity index (χ1n) is 11.6. The molecule has 9 nitrogen and oxygen atoms in total. The third-order valence-corrected chi connectivity index (χ3v) is 7.93.